The molecule has 1 rings (SSSR count). The third-order valence-electron chi connectivity index (χ3n) is 2.19. The smallest absolute Gasteiger partial charge is 0.156 e. The first-order chi connectivity index (χ1) is 5.41. The van der Waals surface area contributed by atoms with Crippen LogP contribution in [0.5, 0.6) is 0 Å². The highest BCUT2D eigenvalue weighted by atomic mass is 16.1. The molecule has 1 aliphatic carbocycles. The second kappa shape index (κ2) is 2.89. The van der Waals surface area contributed by atoms with Crippen LogP contribution in [-0.4, -0.2) is 5.78 Å². The van der Waals surface area contributed by atoms with Crippen LogP contribution in [0.3, 0.4) is 0 Å². The molecule has 1 nitrogen and oxygen atoms in total. The second-order valence-corrected chi connectivity index (χ2v) is 4.34. The number of carbonyl (C=O) groups is 1. The molecule has 0 aliphatic heterocycles. The highest BCUT2D eigenvalue weighted by Crippen LogP contribution is 2.32. The predicted molar refractivity (Wildman–Crippen MR) is 50.9 cm³/mol. The van der Waals surface area contributed by atoms with E-state index in [1.807, 2.05) is 6.08 Å². The molecule has 0 aromatic carbocycles. The first-order valence-electron chi connectivity index (χ1n) is 4.33. The zero-order valence-electron chi connectivity index (χ0n) is 8.27. The van der Waals surface area contributed by atoms with Crippen LogP contribution in [0.15, 0.2) is 23.3 Å². The van der Waals surface area contributed by atoms with E-state index in [-0.39, 0.29) is 11.2 Å². The second-order valence-electron chi connectivity index (χ2n) is 4.34. The molecule has 0 saturated heterocycles. The molecule has 0 radical (unpaired) electrons. The Morgan fingerprint density at radius 2 is 2.00 bits per heavy atom. The zero-order chi connectivity index (χ0) is 9.35. The Balaban J connectivity index is 2.82. The summed E-state index contributed by atoms with van der Waals surface area (Å²) in [5, 5.41) is 0. The summed E-state index contributed by atoms with van der Waals surface area (Å²) in [6.45, 7) is 8.13. The van der Waals surface area contributed by atoms with Gasteiger partial charge in [-0.2, -0.15) is 0 Å². The van der Waals surface area contributed by atoms with Gasteiger partial charge in [0.05, 0.1) is 0 Å². The monoisotopic (exact) mass is 164 g/mol. The summed E-state index contributed by atoms with van der Waals surface area (Å²) in [6.07, 6.45) is 5.00. The molecule has 0 bridgehead atoms. The summed E-state index contributed by atoms with van der Waals surface area (Å²) in [4.78, 5) is 11.0. The van der Waals surface area contributed by atoms with E-state index in [2.05, 4.69) is 26.8 Å². The van der Waals surface area contributed by atoms with Crippen molar-refractivity contribution in [2.45, 2.75) is 34.1 Å². The van der Waals surface area contributed by atoms with Crippen LogP contribution in [0.4, 0.5) is 0 Å². The summed E-state index contributed by atoms with van der Waals surface area (Å²) < 4.78 is 0. The fourth-order valence-corrected chi connectivity index (χ4v) is 1.29. The lowest BCUT2D eigenvalue weighted by Crippen LogP contribution is -2.06. The van der Waals surface area contributed by atoms with Crippen LogP contribution in [0, 0.1) is 5.41 Å². The van der Waals surface area contributed by atoms with Crippen LogP contribution in [0.25, 0.3) is 0 Å². The average molecular weight is 164 g/mol. The van der Waals surface area contributed by atoms with Gasteiger partial charge in [-0.05, 0) is 29.9 Å². The summed E-state index contributed by atoms with van der Waals surface area (Å²) >= 11 is 0. The number of ketones is 1. The lowest BCUT2D eigenvalue weighted by molar-refractivity contribution is -0.113. The number of hydrogen-bond acceptors (Lipinski definition) is 1. The van der Waals surface area contributed by atoms with Crippen molar-refractivity contribution in [3.63, 3.8) is 0 Å². The van der Waals surface area contributed by atoms with Gasteiger partial charge in [-0.25, -0.2) is 0 Å². The third kappa shape index (κ3) is 1.84. The van der Waals surface area contributed by atoms with Crippen LogP contribution in [0.2, 0.25) is 0 Å². The van der Waals surface area contributed by atoms with Gasteiger partial charge in [0, 0.05) is 0 Å². The van der Waals surface area contributed by atoms with Crippen molar-refractivity contribution in [3.8, 4) is 0 Å². The van der Waals surface area contributed by atoms with Gasteiger partial charge >= 0.3 is 0 Å². The molecule has 0 aromatic heterocycles. The predicted octanol–water partition coefficient (Wildman–Crippen LogP) is 2.88. The van der Waals surface area contributed by atoms with Crippen molar-refractivity contribution < 1.29 is 4.79 Å². The maximum absolute atomic E-state index is 11.0. The molecule has 0 saturated carbocycles. The minimum atomic E-state index is 0.178. The highest BCUT2D eigenvalue weighted by Gasteiger charge is 2.20. The van der Waals surface area contributed by atoms with E-state index in [1.54, 1.807) is 6.92 Å². The van der Waals surface area contributed by atoms with Crippen LogP contribution < -0.4 is 0 Å². The molecule has 0 N–H and O–H groups in total. The molecule has 12 heavy (non-hydrogen) atoms. The number of Topliss-reactive ketones (excluding diaryl/α,β-unsaturated/α-hetero) is 1. The zero-order valence-corrected chi connectivity index (χ0v) is 8.27. The molecule has 0 aromatic rings. The fraction of sp³-hybridized carbons (Fsp3) is 0.545. The van der Waals surface area contributed by atoms with Crippen LogP contribution >= 0.6 is 0 Å². The van der Waals surface area contributed by atoms with Gasteiger partial charge in [0.2, 0.25) is 0 Å². The topological polar surface area (TPSA) is 17.1 Å². The first kappa shape index (κ1) is 9.24. The Morgan fingerprint density at radius 3 is 2.25 bits per heavy atom. The Labute approximate surface area is 74.2 Å². The van der Waals surface area contributed by atoms with Crippen molar-refractivity contribution in [1.29, 1.82) is 0 Å². The van der Waals surface area contributed by atoms with Gasteiger partial charge in [0.15, 0.2) is 5.78 Å². The van der Waals surface area contributed by atoms with Crippen molar-refractivity contribution in [2.75, 3.05) is 0 Å². The fourth-order valence-electron chi connectivity index (χ4n) is 1.29. The molecule has 0 atom stereocenters. The van der Waals surface area contributed by atoms with Crippen molar-refractivity contribution >= 4 is 5.78 Å². The van der Waals surface area contributed by atoms with Crippen molar-refractivity contribution in [3.05, 3.63) is 23.3 Å². The maximum atomic E-state index is 11.0. The lowest BCUT2D eigenvalue weighted by Gasteiger charge is -2.18. The average Bonchev–Trinajstić information content (AvgIpc) is 2.30. The summed E-state index contributed by atoms with van der Waals surface area (Å²) in [7, 11) is 0. The van der Waals surface area contributed by atoms with Crippen molar-refractivity contribution in [1.82, 2.24) is 0 Å². The van der Waals surface area contributed by atoms with E-state index in [0.717, 1.165) is 12.0 Å². The van der Waals surface area contributed by atoms with E-state index in [0.29, 0.717) is 0 Å². The highest BCUT2D eigenvalue weighted by molar-refractivity contribution is 5.94. The molecule has 0 unspecified atom stereocenters. The summed E-state index contributed by atoms with van der Waals surface area (Å²) in [5.41, 5.74) is 2.41. The molecule has 1 aliphatic rings. The third-order valence-corrected chi connectivity index (χ3v) is 2.19. The Morgan fingerprint density at radius 1 is 1.42 bits per heavy atom. The normalized spacial score (nSPS) is 17.3. The molecule has 0 heterocycles. The summed E-state index contributed by atoms with van der Waals surface area (Å²) in [6, 6.07) is 0. The largest absolute Gasteiger partial charge is 0.295 e. The Kier molecular flexibility index (Phi) is 2.22. The maximum Gasteiger partial charge on any atom is 0.156 e. The van der Waals surface area contributed by atoms with Crippen molar-refractivity contribution in [2.24, 2.45) is 5.41 Å². The minimum Gasteiger partial charge on any atom is -0.295 e. The van der Waals surface area contributed by atoms with Gasteiger partial charge in [0.25, 0.3) is 0 Å². The number of rotatable bonds is 1. The molecular weight excluding hydrogens is 148 g/mol. The summed E-state index contributed by atoms with van der Waals surface area (Å²) in [5.74, 6) is 0.200. The van der Waals surface area contributed by atoms with E-state index in [4.69, 9.17) is 0 Å². The molecule has 0 fully saturated rings. The van der Waals surface area contributed by atoms with Gasteiger partial charge < -0.3 is 0 Å². The van der Waals surface area contributed by atoms with E-state index in [1.165, 1.54) is 5.57 Å². The molecule has 1 heteroatoms. The van der Waals surface area contributed by atoms with Crippen LogP contribution in [0.1, 0.15) is 34.1 Å². The molecule has 0 amide bonds. The molecule has 66 valence electrons. The van der Waals surface area contributed by atoms with Gasteiger partial charge in [-0.3, -0.25) is 4.79 Å². The molecule has 0 spiro atoms. The van der Waals surface area contributed by atoms with Gasteiger partial charge in [-0.1, -0.05) is 32.9 Å². The van der Waals surface area contributed by atoms with Gasteiger partial charge in [0.1, 0.15) is 0 Å². The van der Waals surface area contributed by atoms with Crippen LogP contribution in [-0.2, 0) is 4.79 Å². The quantitative estimate of drug-likeness (QED) is 0.582. The minimum absolute atomic E-state index is 0.178. The number of carbonyl (C=O) groups excluding carboxylic acids is 1. The number of allylic oxidation sites excluding steroid dienone is 4. The number of hydrogen-bond donors (Lipinski definition) is 0. The van der Waals surface area contributed by atoms with E-state index in [9.17, 15) is 4.79 Å². The standard InChI is InChI=1S/C11H16O/c1-8(12)9-5-6-10(7-9)11(2,3)4/h6-7H,5H2,1-4H3. The molecular formula is C11H16O. The lowest BCUT2D eigenvalue weighted by atomic mass is 9.87. The SMILES string of the molecule is CC(=O)C1=CC(C(C)(C)C)=CC1. The van der Waals surface area contributed by atoms with Gasteiger partial charge in [-0.15, -0.1) is 0 Å². The van der Waals surface area contributed by atoms with E-state index >= 15 is 0 Å². The Bertz CT molecular complexity index is 261. The van der Waals surface area contributed by atoms with E-state index < -0.39 is 0 Å². The Hall–Kier alpha value is -0.850. The first-order valence-corrected chi connectivity index (χ1v) is 4.33.